The maximum atomic E-state index is 12.1. The van der Waals surface area contributed by atoms with Gasteiger partial charge >= 0.3 is 5.97 Å². The van der Waals surface area contributed by atoms with E-state index in [1.165, 1.54) is 44.4 Å². The molecule has 1 amide bonds. The Morgan fingerprint density at radius 2 is 2.00 bits per heavy atom. The second kappa shape index (κ2) is 7.81. The number of ether oxygens (including phenoxy) is 1. The standard InChI is InChI=1S/C15H16BrN3O5S/c1-19(2)25(22,23)12-5-3-4-11(7-12)18-14(20)9-24-15(21)13-6-10(16)8-17-13/h3-8,17H,9H2,1-2H3,(H,18,20). The highest BCUT2D eigenvalue weighted by Gasteiger charge is 2.18. The number of nitrogens with zero attached hydrogens (tertiary/aromatic N) is 1. The predicted molar refractivity (Wildman–Crippen MR) is 94.7 cm³/mol. The van der Waals surface area contributed by atoms with E-state index in [1.54, 1.807) is 6.20 Å². The molecule has 0 fully saturated rings. The van der Waals surface area contributed by atoms with Crippen LogP contribution in [-0.4, -0.2) is 50.3 Å². The number of amides is 1. The fourth-order valence-electron chi connectivity index (χ4n) is 1.84. The summed E-state index contributed by atoms with van der Waals surface area (Å²) in [4.78, 5) is 26.4. The van der Waals surface area contributed by atoms with Crippen molar-refractivity contribution in [2.24, 2.45) is 0 Å². The fourth-order valence-corrected chi connectivity index (χ4v) is 3.13. The van der Waals surface area contributed by atoms with Crippen LogP contribution in [0.3, 0.4) is 0 Å². The third kappa shape index (κ3) is 4.91. The molecule has 10 heteroatoms. The van der Waals surface area contributed by atoms with Gasteiger partial charge in [-0.1, -0.05) is 6.07 Å². The highest BCUT2D eigenvalue weighted by atomic mass is 79.9. The first-order chi connectivity index (χ1) is 11.7. The van der Waals surface area contributed by atoms with Gasteiger partial charge in [-0.15, -0.1) is 0 Å². The molecular formula is C15H16BrN3O5S. The first-order valence-corrected chi connectivity index (χ1v) is 9.27. The van der Waals surface area contributed by atoms with E-state index in [-0.39, 0.29) is 16.3 Å². The lowest BCUT2D eigenvalue weighted by molar-refractivity contribution is -0.119. The Morgan fingerprint density at radius 3 is 2.60 bits per heavy atom. The largest absolute Gasteiger partial charge is 0.451 e. The van der Waals surface area contributed by atoms with Crippen molar-refractivity contribution in [3.63, 3.8) is 0 Å². The van der Waals surface area contributed by atoms with Crippen molar-refractivity contribution in [1.82, 2.24) is 9.29 Å². The molecule has 0 atom stereocenters. The number of hydrogen-bond acceptors (Lipinski definition) is 5. The van der Waals surface area contributed by atoms with Crippen molar-refractivity contribution in [3.05, 3.63) is 46.7 Å². The molecule has 0 radical (unpaired) electrons. The maximum absolute atomic E-state index is 12.1. The predicted octanol–water partition coefficient (Wildman–Crippen LogP) is 1.82. The van der Waals surface area contributed by atoms with Crippen LogP contribution in [0.25, 0.3) is 0 Å². The maximum Gasteiger partial charge on any atom is 0.355 e. The number of carbonyl (C=O) groups is 2. The number of H-pyrrole nitrogens is 1. The van der Waals surface area contributed by atoms with Crippen molar-refractivity contribution >= 4 is 43.5 Å². The number of aromatic nitrogens is 1. The third-order valence-electron chi connectivity index (χ3n) is 3.10. The number of benzene rings is 1. The van der Waals surface area contributed by atoms with Gasteiger partial charge in [-0.2, -0.15) is 0 Å². The fraction of sp³-hybridized carbons (Fsp3) is 0.200. The van der Waals surface area contributed by atoms with E-state index in [0.717, 1.165) is 4.31 Å². The lowest BCUT2D eigenvalue weighted by Crippen LogP contribution is -2.23. The number of nitrogens with one attached hydrogen (secondary N) is 2. The number of sulfonamides is 1. The molecule has 2 rings (SSSR count). The first kappa shape index (κ1) is 19.2. The van der Waals surface area contributed by atoms with Crippen LogP contribution in [0.5, 0.6) is 0 Å². The summed E-state index contributed by atoms with van der Waals surface area (Å²) >= 11 is 3.19. The highest BCUT2D eigenvalue weighted by Crippen LogP contribution is 2.18. The number of carbonyl (C=O) groups excluding carboxylic acids is 2. The van der Waals surface area contributed by atoms with Crippen LogP contribution in [0.4, 0.5) is 5.69 Å². The first-order valence-electron chi connectivity index (χ1n) is 7.03. The monoisotopic (exact) mass is 429 g/mol. The molecule has 0 aliphatic carbocycles. The minimum Gasteiger partial charge on any atom is -0.451 e. The molecule has 8 nitrogen and oxygen atoms in total. The average molecular weight is 430 g/mol. The number of aromatic amines is 1. The van der Waals surface area contributed by atoms with E-state index in [4.69, 9.17) is 4.74 Å². The van der Waals surface area contributed by atoms with Crippen LogP contribution in [-0.2, 0) is 19.6 Å². The van der Waals surface area contributed by atoms with E-state index in [2.05, 4.69) is 26.2 Å². The normalized spacial score (nSPS) is 11.4. The molecule has 0 saturated heterocycles. The van der Waals surface area contributed by atoms with E-state index >= 15 is 0 Å². The molecule has 0 aliphatic rings. The van der Waals surface area contributed by atoms with Gasteiger partial charge in [-0.25, -0.2) is 17.5 Å². The molecule has 1 aromatic heterocycles. The van der Waals surface area contributed by atoms with Gasteiger partial charge in [-0.3, -0.25) is 4.79 Å². The van der Waals surface area contributed by atoms with Gasteiger partial charge < -0.3 is 15.0 Å². The molecule has 1 heterocycles. The highest BCUT2D eigenvalue weighted by molar-refractivity contribution is 9.10. The Bertz CT molecular complexity index is 892. The Kier molecular flexibility index (Phi) is 5.98. The van der Waals surface area contributed by atoms with Crippen LogP contribution < -0.4 is 5.32 Å². The van der Waals surface area contributed by atoms with Crippen LogP contribution in [0.15, 0.2) is 45.9 Å². The number of esters is 1. The molecule has 0 saturated carbocycles. The zero-order valence-electron chi connectivity index (χ0n) is 13.4. The van der Waals surface area contributed by atoms with Crippen LogP contribution >= 0.6 is 15.9 Å². The topological polar surface area (TPSA) is 109 Å². The van der Waals surface area contributed by atoms with E-state index < -0.39 is 28.5 Å². The molecule has 0 unspecified atom stereocenters. The Labute approximate surface area is 153 Å². The van der Waals surface area contributed by atoms with Gasteiger partial charge in [-0.05, 0) is 40.2 Å². The van der Waals surface area contributed by atoms with Gasteiger partial charge in [0.1, 0.15) is 5.69 Å². The smallest absolute Gasteiger partial charge is 0.355 e. The van der Waals surface area contributed by atoms with Crippen molar-refractivity contribution in [1.29, 1.82) is 0 Å². The molecule has 0 spiro atoms. The summed E-state index contributed by atoms with van der Waals surface area (Å²) in [5, 5.41) is 2.49. The van der Waals surface area contributed by atoms with Gasteiger partial charge in [0, 0.05) is 30.5 Å². The van der Waals surface area contributed by atoms with Gasteiger partial charge in [0.2, 0.25) is 10.0 Å². The second-order valence-electron chi connectivity index (χ2n) is 5.17. The molecule has 2 N–H and O–H groups in total. The molecule has 25 heavy (non-hydrogen) atoms. The number of hydrogen-bond donors (Lipinski definition) is 2. The molecule has 2 aromatic rings. The third-order valence-corrected chi connectivity index (χ3v) is 5.37. The SMILES string of the molecule is CN(C)S(=O)(=O)c1cccc(NC(=O)COC(=O)c2cc(Br)c[nH]2)c1. The summed E-state index contributed by atoms with van der Waals surface area (Å²) in [5.41, 5.74) is 0.491. The summed E-state index contributed by atoms with van der Waals surface area (Å²) in [7, 11) is -0.775. The van der Waals surface area contributed by atoms with Crippen molar-refractivity contribution in [2.45, 2.75) is 4.90 Å². The molecule has 134 valence electrons. The van der Waals surface area contributed by atoms with Crippen molar-refractivity contribution in [2.75, 3.05) is 26.0 Å². The van der Waals surface area contributed by atoms with Crippen molar-refractivity contribution in [3.8, 4) is 0 Å². The van der Waals surface area contributed by atoms with Gasteiger partial charge in [0.25, 0.3) is 5.91 Å². The summed E-state index contributed by atoms with van der Waals surface area (Å²) in [5.74, 6) is -1.26. The average Bonchev–Trinajstić information content (AvgIpc) is 2.99. The number of rotatable bonds is 6. The second-order valence-corrected chi connectivity index (χ2v) is 8.24. The lowest BCUT2D eigenvalue weighted by Gasteiger charge is -2.12. The van der Waals surface area contributed by atoms with E-state index in [0.29, 0.717) is 4.47 Å². The summed E-state index contributed by atoms with van der Waals surface area (Å²) < 4.78 is 30.8. The molecular weight excluding hydrogens is 414 g/mol. The number of halogens is 1. The van der Waals surface area contributed by atoms with Gasteiger partial charge in [0.15, 0.2) is 6.61 Å². The van der Waals surface area contributed by atoms with Gasteiger partial charge in [0.05, 0.1) is 4.90 Å². The Hall–Kier alpha value is -2.17. The zero-order valence-corrected chi connectivity index (χ0v) is 15.8. The minimum absolute atomic E-state index is 0.0449. The van der Waals surface area contributed by atoms with Crippen LogP contribution in [0.2, 0.25) is 0 Å². The number of anilines is 1. The van der Waals surface area contributed by atoms with E-state index in [9.17, 15) is 18.0 Å². The molecule has 1 aromatic carbocycles. The minimum atomic E-state index is -3.61. The van der Waals surface area contributed by atoms with Crippen molar-refractivity contribution < 1.29 is 22.7 Å². The Balaban J connectivity index is 1.98. The quantitative estimate of drug-likeness (QED) is 0.680. The lowest BCUT2D eigenvalue weighted by atomic mass is 10.3. The van der Waals surface area contributed by atoms with Crippen LogP contribution in [0.1, 0.15) is 10.5 Å². The molecule has 0 bridgehead atoms. The molecule has 0 aliphatic heterocycles. The van der Waals surface area contributed by atoms with Crippen LogP contribution in [0, 0.1) is 0 Å². The van der Waals surface area contributed by atoms with E-state index in [1.807, 2.05) is 0 Å². The summed E-state index contributed by atoms with van der Waals surface area (Å²) in [6.07, 6.45) is 1.56. The zero-order chi connectivity index (χ0) is 18.6. The summed E-state index contributed by atoms with van der Waals surface area (Å²) in [6.45, 7) is -0.500. The summed E-state index contributed by atoms with van der Waals surface area (Å²) in [6, 6.07) is 7.33. The Morgan fingerprint density at radius 1 is 1.28 bits per heavy atom.